The summed E-state index contributed by atoms with van der Waals surface area (Å²) in [6.45, 7) is 3.54. The summed E-state index contributed by atoms with van der Waals surface area (Å²) in [6.07, 6.45) is 1.57. The van der Waals surface area contributed by atoms with E-state index >= 15 is 0 Å². The normalized spacial score (nSPS) is 15.3. The fourth-order valence-corrected chi connectivity index (χ4v) is 2.88. The number of thioether (sulfide) groups is 1. The van der Waals surface area contributed by atoms with Gasteiger partial charge in [-0.3, -0.25) is 4.79 Å². The zero-order valence-corrected chi connectivity index (χ0v) is 12.9. The van der Waals surface area contributed by atoms with Crippen molar-refractivity contribution in [3.05, 3.63) is 30.1 Å². The summed E-state index contributed by atoms with van der Waals surface area (Å²) in [6, 6.07) is 6.40. The topological polar surface area (TPSA) is 32.3 Å². The van der Waals surface area contributed by atoms with E-state index in [-0.39, 0.29) is 24.1 Å². The van der Waals surface area contributed by atoms with Crippen molar-refractivity contribution in [2.75, 3.05) is 31.9 Å². The van der Waals surface area contributed by atoms with Gasteiger partial charge in [0.15, 0.2) is 0 Å². The molecule has 1 saturated heterocycles. The van der Waals surface area contributed by atoms with Gasteiger partial charge in [-0.15, -0.1) is 24.2 Å². The first-order valence-electron chi connectivity index (χ1n) is 6.62. The quantitative estimate of drug-likeness (QED) is 0.866. The average Bonchev–Trinajstić information content (AvgIpc) is 2.70. The van der Waals surface area contributed by atoms with E-state index in [1.807, 2.05) is 4.90 Å². The zero-order valence-electron chi connectivity index (χ0n) is 11.3. The summed E-state index contributed by atoms with van der Waals surface area (Å²) in [7, 11) is 0. The Morgan fingerprint density at radius 1 is 1.25 bits per heavy atom. The number of carbonyl (C=O) groups excluding carboxylic acids is 1. The molecule has 2 rings (SSSR count). The second-order valence-electron chi connectivity index (χ2n) is 4.54. The first-order valence-corrected chi connectivity index (χ1v) is 7.61. The Kier molecular flexibility index (Phi) is 7.95. The molecule has 0 unspecified atom stereocenters. The van der Waals surface area contributed by atoms with Gasteiger partial charge in [0.1, 0.15) is 5.82 Å². The summed E-state index contributed by atoms with van der Waals surface area (Å²) >= 11 is 1.60. The third-order valence-electron chi connectivity index (χ3n) is 3.09. The minimum Gasteiger partial charge on any atom is -0.341 e. The SMILES string of the molecule is Cl.O=C(CCSc1ccc(F)cc1)N1CCCNCC1. The number of hydrogen-bond acceptors (Lipinski definition) is 3. The lowest BCUT2D eigenvalue weighted by molar-refractivity contribution is -0.130. The van der Waals surface area contributed by atoms with Gasteiger partial charge < -0.3 is 10.2 Å². The Hall–Kier alpha value is -0.780. The molecule has 1 aliphatic rings. The van der Waals surface area contributed by atoms with Gasteiger partial charge in [-0.1, -0.05) is 0 Å². The van der Waals surface area contributed by atoms with Gasteiger partial charge in [0.2, 0.25) is 5.91 Å². The van der Waals surface area contributed by atoms with E-state index in [9.17, 15) is 9.18 Å². The van der Waals surface area contributed by atoms with Crippen LogP contribution in [0.1, 0.15) is 12.8 Å². The fraction of sp³-hybridized carbons (Fsp3) is 0.500. The van der Waals surface area contributed by atoms with Crippen LogP contribution in [0, 0.1) is 5.82 Å². The molecule has 112 valence electrons. The summed E-state index contributed by atoms with van der Waals surface area (Å²) in [5.74, 6) is 0.741. The number of benzene rings is 1. The molecule has 1 aromatic rings. The number of nitrogens with zero attached hydrogens (tertiary/aromatic N) is 1. The van der Waals surface area contributed by atoms with Crippen LogP contribution in [-0.4, -0.2) is 42.7 Å². The number of nitrogens with one attached hydrogen (secondary N) is 1. The van der Waals surface area contributed by atoms with E-state index in [4.69, 9.17) is 0 Å². The summed E-state index contributed by atoms with van der Waals surface area (Å²) in [5, 5.41) is 3.28. The lowest BCUT2D eigenvalue weighted by Crippen LogP contribution is -2.34. The third-order valence-corrected chi connectivity index (χ3v) is 4.10. The maximum Gasteiger partial charge on any atom is 0.223 e. The van der Waals surface area contributed by atoms with Crippen LogP contribution in [0.15, 0.2) is 29.2 Å². The van der Waals surface area contributed by atoms with Crippen LogP contribution in [0.2, 0.25) is 0 Å². The Labute approximate surface area is 129 Å². The Morgan fingerprint density at radius 2 is 2.00 bits per heavy atom. The van der Waals surface area contributed by atoms with Gasteiger partial charge in [-0.2, -0.15) is 0 Å². The van der Waals surface area contributed by atoms with E-state index in [1.54, 1.807) is 23.9 Å². The largest absolute Gasteiger partial charge is 0.341 e. The van der Waals surface area contributed by atoms with Crippen LogP contribution in [0.4, 0.5) is 4.39 Å². The molecular weight excluding hydrogens is 299 g/mol. The Bertz CT molecular complexity index is 408. The van der Waals surface area contributed by atoms with Gasteiger partial charge in [-0.05, 0) is 37.2 Å². The smallest absolute Gasteiger partial charge is 0.223 e. The minimum atomic E-state index is -0.225. The molecule has 0 aromatic heterocycles. The van der Waals surface area contributed by atoms with E-state index in [0.29, 0.717) is 6.42 Å². The lowest BCUT2D eigenvalue weighted by Gasteiger charge is -2.19. The van der Waals surface area contributed by atoms with Crippen LogP contribution in [0.3, 0.4) is 0 Å². The van der Waals surface area contributed by atoms with E-state index in [1.165, 1.54) is 12.1 Å². The molecule has 20 heavy (non-hydrogen) atoms. The van der Waals surface area contributed by atoms with Crippen molar-refractivity contribution in [1.29, 1.82) is 0 Å². The van der Waals surface area contributed by atoms with Gasteiger partial charge >= 0.3 is 0 Å². The zero-order chi connectivity index (χ0) is 13.5. The summed E-state index contributed by atoms with van der Waals surface area (Å²) in [4.78, 5) is 15.0. The molecule has 1 aromatic carbocycles. The Balaban J connectivity index is 0.00000200. The van der Waals surface area contributed by atoms with E-state index in [2.05, 4.69) is 5.32 Å². The highest BCUT2D eigenvalue weighted by Gasteiger charge is 2.14. The maximum absolute atomic E-state index is 12.7. The molecule has 0 spiro atoms. The molecule has 1 N–H and O–H groups in total. The molecule has 1 amide bonds. The molecule has 6 heteroatoms. The predicted octanol–water partition coefficient (Wildman–Crippen LogP) is 2.55. The molecule has 3 nitrogen and oxygen atoms in total. The Morgan fingerprint density at radius 3 is 2.75 bits per heavy atom. The fourth-order valence-electron chi connectivity index (χ4n) is 2.04. The van der Waals surface area contributed by atoms with Gasteiger partial charge in [0, 0.05) is 36.7 Å². The molecule has 0 radical (unpaired) electrons. The van der Waals surface area contributed by atoms with Crippen molar-refractivity contribution >= 4 is 30.1 Å². The highest BCUT2D eigenvalue weighted by molar-refractivity contribution is 7.99. The van der Waals surface area contributed by atoms with Crippen LogP contribution >= 0.6 is 24.2 Å². The van der Waals surface area contributed by atoms with Crippen molar-refractivity contribution in [3.63, 3.8) is 0 Å². The molecule has 0 atom stereocenters. The average molecular weight is 319 g/mol. The highest BCUT2D eigenvalue weighted by Crippen LogP contribution is 2.19. The standard InChI is InChI=1S/C14H19FN2OS.ClH/c15-12-2-4-13(5-3-12)19-11-6-14(18)17-9-1-7-16-8-10-17;/h2-5,16H,1,6-11H2;1H. The molecule has 0 saturated carbocycles. The van der Waals surface area contributed by atoms with Crippen LogP contribution in [0.5, 0.6) is 0 Å². The van der Waals surface area contributed by atoms with E-state index in [0.717, 1.165) is 43.2 Å². The number of amides is 1. The number of halogens is 2. The molecule has 0 bridgehead atoms. The monoisotopic (exact) mass is 318 g/mol. The van der Waals surface area contributed by atoms with Crippen molar-refractivity contribution in [3.8, 4) is 0 Å². The second-order valence-corrected chi connectivity index (χ2v) is 5.71. The lowest BCUT2D eigenvalue weighted by atomic mass is 10.3. The van der Waals surface area contributed by atoms with Crippen molar-refractivity contribution in [2.24, 2.45) is 0 Å². The molecule has 1 fully saturated rings. The van der Waals surface area contributed by atoms with Crippen molar-refractivity contribution in [1.82, 2.24) is 10.2 Å². The van der Waals surface area contributed by atoms with Gasteiger partial charge in [0.05, 0.1) is 0 Å². The molecular formula is C14H20ClFN2OS. The second kappa shape index (κ2) is 9.21. The van der Waals surface area contributed by atoms with Crippen molar-refractivity contribution < 1.29 is 9.18 Å². The minimum absolute atomic E-state index is 0. The number of carbonyl (C=O) groups is 1. The number of hydrogen-bond donors (Lipinski definition) is 1. The first kappa shape index (κ1) is 17.3. The third kappa shape index (κ3) is 5.69. The molecule has 1 heterocycles. The number of rotatable bonds is 4. The summed E-state index contributed by atoms with van der Waals surface area (Å²) in [5.41, 5.74) is 0. The van der Waals surface area contributed by atoms with Crippen LogP contribution in [0.25, 0.3) is 0 Å². The predicted molar refractivity (Wildman–Crippen MR) is 83.1 cm³/mol. The summed E-state index contributed by atoms with van der Waals surface area (Å²) < 4.78 is 12.7. The van der Waals surface area contributed by atoms with Crippen LogP contribution in [-0.2, 0) is 4.79 Å². The van der Waals surface area contributed by atoms with Crippen LogP contribution < -0.4 is 5.32 Å². The molecule has 0 aliphatic carbocycles. The van der Waals surface area contributed by atoms with Gasteiger partial charge in [0.25, 0.3) is 0 Å². The molecule has 1 aliphatic heterocycles. The highest BCUT2D eigenvalue weighted by atomic mass is 35.5. The first-order chi connectivity index (χ1) is 9.25. The van der Waals surface area contributed by atoms with Crippen molar-refractivity contribution in [2.45, 2.75) is 17.7 Å². The maximum atomic E-state index is 12.7. The van der Waals surface area contributed by atoms with Gasteiger partial charge in [-0.25, -0.2) is 4.39 Å². The van der Waals surface area contributed by atoms with E-state index < -0.39 is 0 Å².